The van der Waals surface area contributed by atoms with Crippen molar-refractivity contribution < 1.29 is 14.3 Å². The summed E-state index contributed by atoms with van der Waals surface area (Å²) in [5, 5.41) is 0. The summed E-state index contributed by atoms with van der Waals surface area (Å²) in [4.78, 5) is 22.1. The van der Waals surface area contributed by atoms with Gasteiger partial charge in [-0.3, -0.25) is 9.59 Å². The standard InChI is InChI=1S/C12H15NO3/c1-2-11(14)7-12(15)16-8-9-3-5-10(13)6-4-9/h3-6H,2,7-8,13H2,1H3. The number of carbonyl (C=O) groups is 2. The molecule has 0 unspecified atom stereocenters. The Morgan fingerprint density at radius 1 is 1.25 bits per heavy atom. The molecule has 0 aliphatic heterocycles. The van der Waals surface area contributed by atoms with Crippen LogP contribution in [-0.2, 0) is 20.9 Å². The summed E-state index contributed by atoms with van der Waals surface area (Å²) in [6.07, 6.45) is 0.211. The number of anilines is 1. The molecule has 0 saturated heterocycles. The first kappa shape index (κ1) is 12.2. The predicted octanol–water partition coefficient (Wildman–Crippen LogP) is 1.68. The van der Waals surface area contributed by atoms with Gasteiger partial charge < -0.3 is 10.5 Å². The van der Waals surface area contributed by atoms with Gasteiger partial charge in [-0.05, 0) is 17.7 Å². The Kier molecular flexibility index (Phi) is 4.51. The summed E-state index contributed by atoms with van der Waals surface area (Å²) in [5.74, 6) is -0.592. The van der Waals surface area contributed by atoms with Crippen molar-refractivity contribution in [2.45, 2.75) is 26.4 Å². The van der Waals surface area contributed by atoms with Crippen LogP contribution in [0.5, 0.6) is 0 Å². The molecule has 86 valence electrons. The Morgan fingerprint density at radius 2 is 1.88 bits per heavy atom. The van der Waals surface area contributed by atoms with Gasteiger partial charge in [0.15, 0.2) is 0 Å². The fourth-order valence-electron chi connectivity index (χ4n) is 1.11. The lowest BCUT2D eigenvalue weighted by Crippen LogP contribution is -2.10. The number of ether oxygens (including phenoxy) is 1. The van der Waals surface area contributed by atoms with Crippen LogP contribution in [-0.4, -0.2) is 11.8 Å². The van der Waals surface area contributed by atoms with Gasteiger partial charge in [0.25, 0.3) is 0 Å². The summed E-state index contributed by atoms with van der Waals surface area (Å²) in [6, 6.07) is 7.04. The normalized spacial score (nSPS) is 9.81. The topological polar surface area (TPSA) is 69.4 Å². The van der Waals surface area contributed by atoms with E-state index in [1.54, 1.807) is 31.2 Å². The molecule has 1 aromatic carbocycles. The van der Waals surface area contributed by atoms with Gasteiger partial charge >= 0.3 is 5.97 Å². The molecule has 0 fully saturated rings. The maximum absolute atomic E-state index is 11.2. The number of esters is 1. The SMILES string of the molecule is CCC(=O)CC(=O)OCc1ccc(N)cc1. The van der Waals surface area contributed by atoms with E-state index in [1.165, 1.54) is 0 Å². The van der Waals surface area contributed by atoms with Gasteiger partial charge in [-0.2, -0.15) is 0 Å². The molecule has 0 amide bonds. The molecule has 1 aromatic rings. The first-order valence-electron chi connectivity index (χ1n) is 5.13. The van der Waals surface area contributed by atoms with Crippen LogP contribution in [0.1, 0.15) is 25.3 Å². The first-order chi connectivity index (χ1) is 7.61. The highest BCUT2D eigenvalue weighted by Gasteiger charge is 2.08. The van der Waals surface area contributed by atoms with Crippen LogP contribution in [0.2, 0.25) is 0 Å². The van der Waals surface area contributed by atoms with Crippen molar-refractivity contribution in [2.24, 2.45) is 0 Å². The average Bonchev–Trinajstić information content (AvgIpc) is 2.28. The second kappa shape index (κ2) is 5.90. The number of carbonyl (C=O) groups excluding carboxylic acids is 2. The zero-order chi connectivity index (χ0) is 12.0. The van der Waals surface area contributed by atoms with Gasteiger partial charge in [0.1, 0.15) is 18.8 Å². The van der Waals surface area contributed by atoms with Crippen molar-refractivity contribution in [1.82, 2.24) is 0 Å². The molecule has 0 aliphatic rings. The molecule has 0 radical (unpaired) electrons. The molecule has 0 aliphatic carbocycles. The molecule has 0 heterocycles. The van der Waals surface area contributed by atoms with Gasteiger partial charge in [0.05, 0.1) is 0 Å². The van der Waals surface area contributed by atoms with E-state index >= 15 is 0 Å². The number of hydrogen-bond acceptors (Lipinski definition) is 4. The minimum absolute atomic E-state index is 0.109. The third-order valence-corrected chi connectivity index (χ3v) is 2.12. The average molecular weight is 221 g/mol. The van der Waals surface area contributed by atoms with Crippen molar-refractivity contribution in [2.75, 3.05) is 5.73 Å². The van der Waals surface area contributed by atoms with Crippen LogP contribution in [0.15, 0.2) is 24.3 Å². The summed E-state index contributed by atoms with van der Waals surface area (Å²) in [6.45, 7) is 1.89. The van der Waals surface area contributed by atoms with Crippen LogP contribution in [0, 0.1) is 0 Å². The van der Waals surface area contributed by atoms with E-state index in [0.717, 1.165) is 5.56 Å². The molecule has 4 nitrogen and oxygen atoms in total. The number of nitrogen functional groups attached to an aromatic ring is 1. The highest BCUT2D eigenvalue weighted by atomic mass is 16.5. The Hall–Kier alpha value is -1.84. The van der Waals surface area contributed by atoms with Gasteiger partial charge in [0, 0.05) is 12.1 Å². The number of benzene rings is 1. The summed E-state index contributed by atoms with van der Waals surface area (Å²) < 4.78 is 4.94. The van der Waals surface area contributed by atoms with Crippen molar-refractivity contribution in [3.8, 4) is 0 Å². The molecule has 0 bridgehead atoms. The van der Waals surface area contributed by atoms with Gasteiger partial charge in [0.2, 0.25) is 0 Å². The van der Waals surface area contributed by atoms with Crippen molar-refractivity contribution in [3.05, 3.63) is 29.8 Å². The quantitative estimate of drug-likeness (QED) is 0.466. The number of hydrogen-bond donors (Lipinski definition) is 1. The van der Waals surface area contributed by atoms with Crippen LogP contribution in [0.25, 0.3) is 0 Å². The Bertz CT molecular complexity index is 370. The van der Waals surface area contributed by atoms with E-state index in [2.05, 4.69) is 0 Å². The summed E-state index contributed by atoms with van der Waals surface area (Å²) in [5.41, 5.74) is 7.03. The monoisotopic (exact) mass is 221 g/mol. The van der Waals surface area contributed by atoms with E-state index in [-0.39, 0.29) is 18.8 Å². The third kappa shape index (κ3) is 4.13. The lowest BCUT2D eigenvalue weighted by Gasteiger charge is -2.04. The summed E-state index contributed by atoms with van der Waals surface area (Å²) in [7, 11) is 0. The van der Waals surface area contributed by atoms with Crippen molar-refractivity contribution >= 4 is 17.4 Å². The number of ketones is 1. The number of rotatable bonds is 5. The largest absolute Gasteiger partial charge is 0.460 e. The van der Waals surface area contributed by atoms with Gasteiger partial charge in [-0.15, -0.1) is 0 Å². The summed E-state index contributed by atoms with van der Waals surface area (Å²) >= 11 is 0. The zero-order valence-electron chi connectivity index (χ0n) is 9.23. The van der Waals surface area contributed by atoms with E-state index in [9.17, 15) is 9.59 Å². The molecule has 0 atom stereocenters. The molecule has 16 heavy (non-hydrogen) atoms. The molecule has 0 spiro atoms. The molecule has 0 saturated carbocycles. The van der Waals surface area contributed by atoms with Crippen molar-refractivity contribution in [1.29, 1.82) is 0 Å². The molecular formula is C12H15NO3. The van der Waals surface area contributed by atoms with E-state index < -0.39 is 5.97 Å². The molecular weight excluding hydrogens is 206 g/mol. The minimum atomic E-state index is -0.483. The highest BCUT2D eigenvalue weighted by Crippen LogP contribution is 2.07. The fraction of sp³-hybridized carbons (Fsp3) is 0.333. The number of Topliss-reactive ketones (excluding diaryl/α,β-unsaturated/α-hetero) is 1. The Balaban J connectivity index is 2.37. The van der Waals surface area contributed by atoms with E-state index in [4.69, 9.17) is 10.5 Å². The molecule has 1 rings (SSSR count). The third-order valence-electron chi connectivity index (χ3n) is 2.12. The van der Waals surface area contributed by atoms with Crippen LogP contribution in [0.3, 0.4) is 0 Å². The zero-order valence-corrected chi connectivity index (χ0v) is 9.23. The molecule has 0 aromatic heterocycles. The Labute approximate surface area is 94.4 Å². The van der Waals surface area contributed by atoms with E-state index in [1.807, 2.05) is 0 Å². The fourth-order valence-corrected chi connectivity index (χ4v) is 1.11. The molecule has 4 heteroatoms. The van der Waals surface area contributed by atoms with Crippen LogP contribution >= 0.6 is 0 Å². The Morgan fingerprint density at radius 3 is 2.44 bits per heavy atom. The smallest absolute Gasteiger partial charge is 0.313 e. The lowest BCUT2D eigenvalue weighted by molar-refractivity contribution is -0.147. The highest BCUT2D eigenvalue weighted by molar-refractivity contribution is 5.95. The van der Waals surface area contributed by atoms with E-state index in [0.29, 0.717) is 12.1 Å². The van der Waals surface area contributed by atoms with Gasteiger partial charge in [-0.1, -0.05) is 19.1 Å². The predicted molar refractivity (Wildman–Crippen MR) is 60.6 cm³/mol. The molecule has 2 N–H and O–H groups in total. The minimum Gasteiger partial charge on any atom is -0.460 e. The van der Waals surface area contributed by atoms with Crippen LogP contribution < -0.4 is 5.73 Å². The number of nitrogens with two attached hydrogens (primary N) is 1. The lowest BCUT2D eigenvalue weighted by atomic mass is 10.2. The maximum Gasteiger partial charge on any atom is 0.313 e. The van der Waals surface area contributed by atoms with Crippen molar-refractivity contribution in [3.63, 3.8) is 0 Å². The second-order valence-corrected chi connectivity index (χ2v) is 3.47. The second-order valence-electron chi connectivity index (χ2n) is 3.47. The maximum atomic E-state index is 11.2. The van der Waals surface area contributed by atoms with Gasteiger partial charge in [-0.25, -0.2) is 0 Å². The first-order valence-corrected chi connectivity index (χ1v) is 5.13. The van der Waals surface area contributed by atoms with Crippen LogP contribution in [0.4, 0.5) is 5.69 Å².